The highest BCUT2D eigenvalue weighted by Crippen LogP contribution is 2.49. The van der Waals surface area contributed by atoms with Crippen LogP contribution in [0.1, 0.15) is 24.3 Å². The van der Waals surface area contributed by atoms with Crippen molar-refractivity contribution in [3.63, 3.8) is 0 Å². The molecule has 142 valence electrons. The summed E-state index contributed by atoms with van der Waals surface area (Å²) in [5.41, 5.74) is 1.31. The van der Waals surface area contributed by atoms with Crippen molar-refractivity contribution >= 4 is 5.82 Å². The molecule has 4 aliphatic rings. The second-order valence-corrected chi connectivity index (χ2v) is 7.77. The van der Waals surface area contributed by atoms with Gasteiger partial charge in [-0.3, -0.25) is 4.90 Å². The molecule has 6 rings (SSSR count). The monoisotopic (exact) mass is 366 g/mol. The molecule has 3 atom stereocenters. The summed E-state index contributed by atoms with van der Waals surface area (Å²) in [6.07, 6.45) is 4.16. The van der Waals surface area contributed by atoms with Crippen molar-refractivity contribution in [1.82, 2.24) is 14.9 Å². The lowest BCUT2D eigenvalue weighted by Crippen LogP contribution is -2.60. The van der Waals surface area contributed by atoms with E-state index in [9.17, 15) is 0 Å². The summed E-state index contributed by atoms with van der Waals surface area (Å²) in [5, 5.41) is 0. The number of nitrogens with zero attached hydrogens (tertiary/aromatic N) is 4. The molecule has 1 aromatic carbocycles. The highest BCUT2D eigenvalue weighted by molar-refractivity contribution is 5.50. The van der Waals surface area contributed by atoms with Crippen LogP contribution in [-0.2, 0) is 0 Å². The largest absolute Gasteiger partial charge is 0.496 e. The number of benzene rings is 1. The molecule has 0 aliphatic carbocycles. The molecule has 0 unspecified atom stereocenters. The first-order valence-corrected chi connectivity index (χ1v) is 9.80. The van der Waals surface area contributed by atoms with Crippen molar-refractivity contribution in [2.45, 2.75) is 30.8 Å². The van der Waals surface area contributed by atoms with Crippen LogP contribution in [-0.4, -0.2) is 60.8 Å². The van der Waals surface area contributed by atoms with Crippen LogP contribution in [0.25, 0.3) is 0 Å². The summed E-state index contributed by atoms with van der Waals surface area (Å²) in [4.78, 5) is 14.0. The fraction of sp³-hybridized carbons (Fsp3) is 0.524. The number of ether oxygens (including phenoxy) is 2. The molecule has 27 heavy (non-hydrogen) atoms. The summed E-state index contributed by atoms with van der Waals surface area (Å²) in [5.74, 6) is 3.73. The van der Waals surface area contributed by atoms with Crippen LogP contribution in [0.3, 0.4) is 0 Å². The third kappa shape index (κ3) is 2.65. The van der Waals surface area contributed by atoms with Gasteiger partial charge in [-0.1, -0.05) is 18.2 Å². The van der Waals surface area contributed by atoms with Crippen molar-refractivity contribution in [3.8, 4) is 11.6 Å². The molecular weight excluding hydrogens is 340 g/mol. The van der Waals surface area contributed by atoms with E-state index in [4.69, 9.17) is 9.47 Å². The molecule has 0 N–H and O–H groups in total. The van der Waals surface area contributed by atoms with E-state index in [1.807, 2.05) is 6.07 Å². The molecule has 0 amide bonds. The Morgan fingerprint density at radius 1 is 1.00 bits per heavy atom. The van der Waals surface area contributed by atoms with E-state index in [0.717, 1.165) is 24.0 Å². The lowest BCUT2D eigenvalue weighted by molar-refractivity contribution is 0.0352. The molecule has 0 saturated carbocycles. The number of para-hydroxylation sites is 1. The second-order valence-electron chi connectivity index (χ2n) is 7.77. The number of anilines is 1. The van der Waals surface area contributed by atoms with Gasteiger partial charge in [0.1, 0.15) is 17.9 Å². The van der Waals surface area contributed by atoms with Gasteiger partial charge in [0.25, 0.3) is 0 Å². The minimum atomic E-state index is 0.412. The van der Waals surface area contributed by atoms with Crippen molar-refractivity contribution in [1.29, 1.82) is 0 Å². The fourth-order valence-electron chi connectivity index (χ4n) is 5.53. The number of fused-ring (bicyclic) bond motifs is 2. The average Bonchev–Trinajstić information content (AvgIpc) is 3.17. The van der Waals surface area contributed by atoms with Gasteiger partial charge in [-0.05, 0) is 37.9 Å². The predicted molar refractivity (Wildman–Crippen MR) is 104 cm³/mol. The highest BCUT2D eigenvalue weighted by Gasteiger charge is 2.54. The zero-order valence-corrected chi connectivity index (χ0v) is 15.9. The molecule has 2 bridgehead atoms. The Morgan fingerprint density at radius 3 is 2.59 bits per heavy atom. The molecule has 0 spiro atoms. The van der Waals surface area contributed by atoms with Gasteiger partial charge in [0.15, 0.2) is 0 Å². The lowest BCUT2D eigenvalue weighted by atomic mass is 9.75. The van der Waals surface area contributed by atoms with Gasteiger partial charge in [0, 0.05) is 36.2 Å². The Labute approximate surface area is 160 Å². The number of piperidine rings is 3. The van der Waals surface area contributed by atoms with E-state index >= 15 is 0 Å². The Morgan fingerprint density at radius 2 is 1.81 bits per heavy atom. The Balaban J connectivity index is 1.57. The number of hydrogen-bond acceptors (Lipinski definition) is 6. The number of methoxy groups -OCH3 is 2. The molecule has 0 radical (unpaired) electrons. The van der Waals surface area contributed by atoms with Crippen LogP contribution in [0.5, 0.6) is 11.6 Å². The van der Waals surface area contributed by atoms with Crippen LogP contribution in [0.15, 0.2) is 36.7 Å². The zero-order chi connectivity index (χ0) is 18.4. The predicted octanol–water partition coefficient (Wildman–Crippen LogP) is 2.56. The highest BCUT2D eigenvalue weighted by atomic mass is 16.5. The fourth-order valence-corrected chi connectivity index (χ4v) is 5.53. The summed E-state index contributed by atoms with van der Waals surface area (Å²) in [7, 11) is 3.43. The van der Waals surface area contributed by atoms with Gasteiger partial charge >= 0.3 is 0 Å². The van der Waals surface area contributed by atoms with E-state index in [2.05, 4.69) is 44.0 Å². The lowest BCUT2D eigenvalue weighted by Gasteiger charge is -2.51. The number of rotatable bonds is 4. The van der Waals surface area contributed by atoms with E-state index < -0.39 is 0 Å². The molecule has 6 nitrogen and oxygen atoms in total. The van der Waals surface area contributed by atoms with Crippen LogP contribution >= 0.6 is 0 Å². The number of aromatic nitrogens is 2. The molecule has 1 aromatic heterocycles. The van der Waals surface area contributed by atoms with Gasteiger partial charge in [-0.25, -0.2) is 9.97 Å². The Kier molecular flexibility index (Phi) is 4.16. The molecule has 2 aromatic rings. The Hall–Kier alpha value is -2.34. The molecule has 4 fully saturated rings. The van der Waals surface area contributed by atoms with E-state index in [1.165, 1.54) is 31.5 Å². The summed E-state index contributed by atoms with van der Waals surface area (Å²) >= 11 is 0. The maximum Gasteiger partial charge on any atom is 0.218 e. The Bertz CT molecular complexity index is 821. The number of hydrogen-bond donors (Lipinski definition) is 0. The smallest absolute Gasteiger partial charge is 0.218 e. The van der Waals surface area contributed by atoms with Gasteiger partial charge in [0.05, 0.1) is 14.2 Å². The maximum atomic E-state index is 5.71. The summed E-state index contributed by atoms with van der Waals surface area (Å²) in [6.45, 7) is 3.36. The van der Waals surface area contributed by atoms with Crippen LogP contribution in [0, 0.1) is 5.92 Å². The van der Waals surface area contributed by atoms with Gasteiger partial charge in [-0.15, -0.1) is 0 Å². The minimum absolute atomic E-state index is 0.412. The van der Waals surface area contributed by atoms with Gasteiger partial charge < -0.3 is 14.4 Å². The molecular formula is C21H26N4O2. The van der Waals surface area contributed by atoms with Crippen molar-refractivity contribution < 1.29 is 9.47 Å². The van der Waals surface area contributed by atoms with E-state index in [1.54, 1.807) is 20.5 Å². The van der Waals surface area contributed by atoms with E-state index in [0.29, 0.717) is 23.9 Å². The quantitative estimate of drug-likeness (QED) is 0.829. The summed E-state index contributed by atoms with van der Waals surface area (Å²) in [6, 6.07) is 11.5. The average molecular weight is 366 g/mol. The van der Waals surface area contributed by atoms with Crippen LogP contribution in [0.2, 0.25) is 0 Å². The third-order valence-electron chi connectivity index (χ3n) is 6.66. The van der Waals surface area contributed by atoms with Crippen LogP contribution in [0.4, 0.5) is 5.82 Å². The minimum Gasteiger partial charge on any atom is -0.496 e. The molecule has 6 heteroatoms. The molecule has 4 saturated heterocycles. The van der Waals surface area contributed by atoms with Crippen molar-refractivity contribution in [2.75, 3.05) is 38.8 Å². The zero-order valence-electron chi connectivity index (χ0n) is 15.9. The first-order chi connectivity index (χ1) is 13.3. The van der Waals surface area contributed by atoms with Gasteiger partial charge in [-0.2, -0.15) is 0 Å². The standard InChI is InChI=1S/C21H26N4O2/c1-26-17-6-4-3-5-15(17)16-12-25(18-11-19(27-2)23-13-22-18)20-14-7-9-24(10-8-14)21(16)20/h3-6,11,13-14,16,20-21H,7-10,12H2,1-2H3/t16-,20-,21-/m1/s1. The SMILES string of the molecule is COc1cc(N2C[C@H](c3ccccc3OC)[C@@H]3[C@H]2C2CCN3CC2)ncn1. The van der Waals surface area contributed by atoms with Crippen molar-refractivity contribution in [2.24, 2.45) is 5.92 Å². The summed E-state index contributed by atoms with van der Waals surface area (Å²) < 4.78 is 11.1. The normalized spacial score (nSPS) is 31.6. The van der Waals surface area contributed by atoms with Crippen LogP contribution < -0.4 is 14.4 Å². The third-order valence-corrected chi connectivity index (χ3v) is 6.66. The van der Waals surface area contributed by atoms with Crippen molar-refractivity contribution in [3.05, 3.63) is 42.2 Å². The topological polar surface area (TPSA) is 50.7 Å². The first-order valence-electron chi connectivity index (χ1n) is 9.80. The van der Waals surface area contributed by atoms with Gasteiger partial charge in [0.2, 0.25) is 5.88 Å². The molecule has 5 heterocycles. The van der Waals surface area contributed by atoms with E-state index in [-0.39, 0.29) is 0 Å². The second kappa shape index (κ2) is 6.68. The molecule has 4 aliphatic heterocycles. The maximum absolute atomic E-state index is 5.71. The first kappa shape index (κ1) is 16.8.